The molecule has 7 rings (SSSR count). The van der Waals surface area contributed by atoms with Gasteiger partial charge in [0.2, 0.25) is 0 Å². The summed E-state index contributed by atoms with van der Waals surface area (Å²) in [6.45, 7) is 53.3. The molecule has 0 radical (unpaired) electrons. The molecule has 0 spiro atoms. The SMILES string of the molecule is CC1(C)CC(OC(C2CC(C)(C)NC(C)(C)C2)(C2CC(C)(C)NC(C)(C)C2)C(C2CC(C)(C)NC(C)(C)C2)(C2CC(C)(C)NC(C)(C)C2)n2c(=O)n(CCO)c(=O)n(C(CO)C3CC(C)(C)NC(C)(C)C3)c2=O)CC(C)(C)N1.OP(O)O.OP(O)O.OP(O)O. The highest BCUT2D eigenvalue weighted by Crippen LogP contribution is 2.66. The van der Waals surface area contributed by atoms with Crippen LogP contribution in [0.4, 0.5) is 0 Å². The van der Waals surface area contributed by atoms with Crippen molar-refractivity contribution in [3.8, 4) is 0 Å². The predicted molar refractivity (Wildman–Crippen MR) is 359 cm³/mol. The molecule has 1 unspecified atom stereocenters. The van der Waals surface area contributed by atoms with Gasteiger partial charge in [0.1, 0.15) is 0 Å². The van der Waals surface area contributed by atoms with Gasteiger partial charge in [0.05, 0.1) is 43.0 Å². The first-order chi connectivity index (χ1) is 40.2. The summed E-state index contributed by atoms with van der Waals surface area (Å²) in [4.78, 5) is 116. The topological polar surface area (TPSA) is 370 Å². The van der Waals surface area contributed by atoms with E-state index >= 15 is 14.4 Å². The summed E-state index contributed by atoms with van der Waals surface area (Å²) in [5.41, 5.74) is -9.94. The molecule has 24 nitrogen and oxygen atoms in total. The van der Waals surface area contributed by atoms with Gasteiger partial charge in [-0.2, -0.15) is 0 Å². The molecule has 1 aromatic rings. The minimum absolute atomic E-state index is 0.237. The molecule has 17 N–H and O–H groups in total. The number of aliphatic hydroxyl groups excluding tert-OH is 2. The maximum absolute atomic E-state index is 17.7. The number of hydrogen-bond donors (Lipinski definition) is 17. The maximum atomic E-state index is 17.7. The van der Waals surface area contributed by atoms with Crippen molar-refractivity contribution in [2.45, 2.75) is 340 Å². The second-order valence-electron chi connectivity index (χ2n) is 35.7. The quantitative estimate of drug-likeness (QED) is 0.104. The lowest BCUT2D eigenvalue weighted by atomic mass is 9.44. The Kier molecular flexibility index (Phi) is 25.7. The minimum atomic E-state index is -2.62. The van der Waals surface area contributed by atoms with Crippen molar-refractivity contribution in [1.29, 1.82) is 0 Å². The molecule has 6 aliphatic rings. The molecule has 27 heteroatoms. The van der Waals surface area contributed by atoms with Crippen molar-refractivity contribution < 1.29 is 59.0 Å². The zero-order chi connectivity index (χ0) is 69.8. The Morgan fingerprint density at radius 1 is 0.400 bits per heavy atom. The van der Waals surface area contributed by atoms with Gasteiger partial charge in [0, 0.05) is 66.5 Å². The summed E-state index contributed by atoms with van der Waals surface area (Å²) >= 11 is 0. The van der Waals surface area contributed by atoms with E-state index in [9.17, 15) is 10.2 Å². The van der Waals surface area contributed by atoms with Gasteiger partial charge < -0.3 is 90.9 Å². The molecule has 528 valence electrons. The summed E-state index contributed by atoms with van der Waals surface area (Å²) < 4.78 is 13.3. The fourth-order valence-corrected chi connectivity index (χ4v) is 20.5. The molecule has 0 bridgehead atoms. The van der Waals surface area contributed by atoms with Crippen LogP contribution in [0.15, 0.2) is 14.4 Å². The van der Waals surface area contributed by atoms with E-state index in [4.69, 9.17) is 48.8 Å². The van der Waals surface area contributed by atoms with Crippen LogP contribution in [-0.4, -0.2) is 159 Å². The molecule has 6 saturated heterocycles. The Balaban J connectivity index is 0.00000132. The molecule has 1 atom stereocenters. The van der Waals surface area contributed by atoms with Gasteiger partial charge in [-0.1, -0.05) is 0 Å². The summed E-state index contributed by atoms with van der Waals surface area (Å²) in [6.07, 6.45) is 7.49. The molecule has 0 aliphatic carbocycles. The lowest BCUT2D eigenvalue weighted by molar-refractivity contribution is -0.292. The van der Waals surface area contributed by atoms with Gasteiger partial charge in [-0.15, -0.1) is 0 Å². The standard InChI is InChI=1S/C63H117N9O6.3H3O3P/c1-50(2)27-40(28-51(3,4)64-50)46(39-74)71-47(75)70(25-26-73)48(76)72(49(71)77)62(41-29-52(5,6)65-53(7,8)30-41,42-31-54(9,10)66-55(11,12)32-42)63(43-33-56(13,14)67-57(15,16)34-43,44-35-58(17,18)68-59(19,20)36-44)78-45-37-60(21,22)69-61(23,24)38-45;3*1-4(2)3/h40-46,64-69,73-74H,25-39H2,1-24H3;3*1-3H. The highest BCUT2D eigenvalue weighted by Gasteiger charge is 2.74. The number of ether oxygens (including phenoxy) is 1. The van der Waals surface area contributed by atoms with Crippen LogP contribution < -0.4 is 49.0 Å². The van der Waals surface area contributed by atoms with Crippen LogP contribution in [0.1, 0.15) is 249 Å². The van der Waals surface area contributed by atoms with E-state index in [1.807, 2.05) is 0 Å². The van der Waals surface area contributed by atoms with Gasteiger partial charge in [-0.25, -0.2) is 28.1 Å². The van der Waals surface area contributed by atoms with Gasteiger partial charge in [0.15, 0.2) is 0 Å². The minimum Gasteiger partial charge on any atom is -0.395 e. The van der Waals surface area contributed by atoms with E-state index in [0.29, 0.717) is 77.0 Å². The Hall–Kier alpha value is -1.02. The van der Waals surface area contributed by atoms with Gasteiger partial charge in [-0.05, 0) is 273 Å². The molecular formula is C63H126N9O15P3. The lowest BCUT2D eigenvalue weighted by Gasteiger charge is -2.71. The first-order valence-electron chi connectivity index (χ1n) is 32.4. The van der Waals surface area contributed by atoms with E-state index in [0.717, 1.165) is 0 Å². The number of nitrogens with zero attached hydrogens (tertiary/aromatic N) is 3. The van der Waals surface area contributed by atoms with E-state index in [1.54, 1.807) is 4.57 Å². The molecule has 1 aromatic heterocycles. The Morgan fingerprint density at radius 2 is 0.644 bits per heavy atom. The highest BCUT2D eigenvalue weighted by molar-refractivity contribution is 7.38. The molecule has 6 fully saturated rings. The van der Waals surface area contributed by atoms with Crippen molar-refractivity contribution in [2.75, 3.05) is 13.2 Å². The Morgan fingerprint density at radius 3 is 0.900 bits per heavy atom. The summed E-state index contributed by atoms with van der Waals surface area (Å²) in [5, 5.41) is 47.4. The summed E-state index contributed by atoms with van der Waals surface area (Å²) in [7, 11) is -7.86. The van der Waals surface area contributed by atoms with Crippen LogP contribution in [0.5, 0.6) is 0 Å². The summed E-state index contributed by atoms with van der Waals surface area (Å²) in [5.74, 6) is -1.56. The monoisotopic (exact) mass is 1340 g/mol. The fraction of sp³-hybridized carbons (Fsp3) is 0.952. The van der Waals surface area contributed by atoms with E-state index in [1.165, 1.54) is 9.13 Å². The average Bonchev–Trinajstić information content (AvgIpc) is 0.668. The third-order valence-corrected chi connectivity index (χ3v) is 19.6. The molecule has 6 aliphatic heterocycles. The number of rotatable bonds is 13. The predicted octanol–water partition coefficient (Wildman–Crippen LogP) is 5.81. The van der Waals surface area contributed by atoms with Crippen molar-refractivity contribution >= 4 is 25.8 Å². The zero-order valence-electron chi connectivity index (χ0n) is 59.4. The molecule has 0 aromatic carbocycles. The van der Waals surface area contributed by atoms with Crippen LogP contribution in [-0.2, 0) is 16.8 Å². The largest absolute Gasteiger partial charge is 0.395 e. The van der Waals surface area contributed by atoms with Crippen molar-refractivity contribution in [2.24, 2.45) is 29.6 Å². The molecule has 7 heterocycles. The molecule has 90 heavy (non-hydrogen) atoms. The number of aromatic nitrogens is 3. The first kappa shape index (κ1) is 81.4. The molecule has 0 amide bonds. The lowest BCUT2D eigenvalue weighted by Crippen LogP contribution is -2.82. The van der Waals surface area contributed by atoms with E-state index in [2.05, 4.69) is 198 Å². The smallest absolute Gasteiger partial charge is 0.337 e. The van der Waals surface area contributed by atoms with Gasteiger partial charge >= 0.3 is 42.9 Å². The Labute approximate surface area is 542 Å². The Bertz CT molecular complexity index is 2550. The first-order valence-corrected chi connectivity index (χ1v) is 36.0. The maximum Gasteiger partial charge on any atom is 0.337 e. The van der Waals surface area contributed by atoms with Gasteiger partial charge in [0.25, 0.3) is 0 Å². The zero-order valence-corrected chi connectivity index (χ0v) is 62.1. The normalized spacial score (nSPS) is 26.7. The second kappa shape index (κ2) is 28.4. The van der Waals surface area contributed by atoms with Crippen molar-refractivity contribution in [1.82, 2.24) is 45.6 Å². The van der Waals surface area contributed by atoms with Crippen molar-refractivity contribution in [3.63, 3.8) is 0 Å². The van der Waals surface area contributed by atoms with E-state index in [-0.39, 0.29) is 53.3 Å². The fourth-order valence-electron chi connectivity index (χ4n) is 20.5. The van der Waals surface area contributed by atoms with E-state index < -0.39 is 129 Å². The number of aliphatic hydroxyl groups is 2. The van der Waals surface area contributed by atoms with Crippen LogP contribution in [0.3, 0.4) is 0 Å². The number of hydrogen-bond acceptors (Lipinski definition) is 21. The third-order valence-electron chi connectivity index (χ3n) is 19.6. The summed E-state index contributed by atoms with van der Waals surface area (Å²) in [6, 6.07) is -0.975. The second-order valence-corrected chi connectivity index (χ2v) is 37.3. The molecular weight excluding hydrogens is 1220 g/mol. The average molecular weight is 1340 g/mol. The van der Waals surface area contributed by atoms with Gasteiger partial charge in [-0.3, -0.25) is 0 Å². The highest BCUT2D eigenvalue weighted by atomic mass is 31.2. The van der Waals surface area contributed by atoms with Crippen LogP contribution in [0.2, 0.25) is 0 Å². The third kappa shape index (κ3) is 20.8. The number of piperidine rings is 6. The van der Waals surface area contributed by atoms with Crippen LogP contribution >= 0.6 is 25.8 Å². The van der Waals surface area contributed by atoms with Crippen molar-refractivity contribution in [3.05, 3.63) is 31.5 Å². The van der Waals surface area contributed by atoms with Crippen LogP contribution in [0.25, 0.3) is 0 Å². The van der Waals surface area contributed by atoms with Crippen LogP contribution in [0, 0.1) is 29.6 Å². The molecule has 0 saturated carbocycles. The number of nitrogens with one attached hydrogen (secondary N) is 6.